The van der Waals surface area contributed by atoms with Crippen molar-refractivity contribution in [3.05, 3.63) is 51.3 Å². The second-order valence-corrected chi connectivity index (χ2v) is 9.35. The predicted molar refractivity (Wildman–Crippen MR) is 114 cm³/mol. The van der Waals surface area contributed by atoms with Crippen LogP contribution in [0.5, 0.6) is 0 Å². The number of nitro benzene ring substituents is 1. The monoisotopic (exact) mass is 427 g/mol. The molecule has 8 nitrogen and oxygen atoms in total. The van der Waals surface area contributed by atoms with Gasteiger partial charge in [-0.2, -0.15) is 0 Å². The number of hydrogen-bond acceptors (Lipinski definition) is 6. The average Bonchev–Trinajstić information content (AvgIpc) is 3.00. The Balaban J connectivity index is 1.77. The number of amides is 1. The van der Waals surface area contributed by atoms with Crippen molar-refractivity contribution in [2.75, 3.05) is 27.2 Å². The summed E-state index contributed by atoms with van der Waals surface area (Å²) in [7, 11) is 3.82. The zero-order valence-electron chi connectivity index (χ0n) is 18.4. The number of likely N-dealkylation sites (N-methyl/N-ethyl adjacent to an activating group) is 1. The first-order chi connectivity index (χ1) is 14.7. The minimum atomic E-state index is -0.662. The molecule has 0 saturated heterocycles. The third-order valence-electron chi connectivity index (χ3n) is 6.99. The molecule has 0 radical (unpaired) electrons. The van der Waals surface area contributed by atoms with Crippen LogP contribution in [0.3, 0.4) is 0 Å². The lowest BCUT2D eigenvalue weighted by Gasteiger charge is -2.40. The van der Waals surface area contributed by atoms with E-state index in [0.717, 1.165) is 12.8 Å². The zero-order chi connectivity index (χ0) is 22.4. The van der Waals surface area contributed by atoms with E-state index in [4.69, 9.17) is 4.74 Å². The number of Topliss-reactive ketones (excluding diaryl/α,β-unsaturated/α-hetero) is 1. The van der Waals surface area contributed by atoms with E-state index in [1.165, 1.54) is 12.1 Å². The lowest BCUT2D eigenvalue weighted by Crippen LogP contribution is -2.43. The van der Waals surface area contributed by atoms with Gasteiger partial charge in [0.15, 0.2) is 11.5 Å². The summed E-state index contributed by atoms with van der Waals surface area (Å²) >= 11 is 0. The molecule has 8 heteroatoms. The summed E-state index contributed by atoms with van der Waals surface area (Å²) in [6.07, 6.45) is 1.21. The van der Waals surface area contributed by atoms with Crippen LogP contribution in [0.4, 0.5) is 5.69 Å². The standard InChI is InChI=1S/C23H29N3O5/c1-13-10-17-18(11-14(13)2)31-22-19(21(17)27)20(25(23(22)28)9-8-24(3)4)15-6-5-7-16(12-15)26(29)30/h5-7,12-14,17-18,20H,8-11H2,1-4H3. The van der Waals surface area contributed by atoms with E-state index in [1.54, 1.807) is 17.0 Å². The molecule has 5 unspecified atom stereocenters. The van der Waals surface area contributed by atoms with Crippen LogP contribution in [0.25, 0.3) is 0 Å². The van der Waals surface area contributed by atoms with Crippen molar-refractivity contribution in [2.45, 2.75) is 38.8 Å². The number of hydrogen-bond donors (Lipinski definition) is 0. The van der Waals surface area contributed by atoms with Crippen LogP contribution in [0.1, 0.15) is 38.3 Å². The quantitative estimate of drug-likeness (QED) is 0.530. The number of non-ortho nitro benzene ring substituents is 1. The number of rotatable bonds is 5. The second-order valence-electron chi connectivity index (χ2n) is 9.35. The number of carbonyl (C=O) groups is 2. The molecular weight excluding hydrogens is 398 g/mol. The van der Waals surface area contributed by atoms with Crippen LogP contribution < -0.4 is 0 Å². The van der Waals surface area contributed by atoms with Gasteiger partial charge < -0.3 is 14.5 Å². The molecule has 1 aromatic carbocycles. The highest BCUT2D eigenvalue weighted by atomic mass is 16.6. The number of nitrogens with zero attached hydrogens (tertiary/aromatic N) is 3. The van der Waals surface area contributed by atoms with E-state index in [2.05, 4.69) is 13.8 Å². The van der Waals surface area contributed by atoms with Gasteiger partial charge in [0.2, 0.25) is 0 Å². The second kappa shape index (κ2) is 8.07. The highest BCUT2D eigenvalue weighted by Gasteiger charge is 2.53. The van der Waals surface area contributed by atoms with Crippen LogP contribution in [0, 0.1) is 27.9 Å². The van der Waals surface area contributed by atoms with Gasteiger partial charge in [0, 0.05) is 25.2 Å². The van der Waals surface area contributed by atoms with Gasteiger partial charge in [-0.05, 0) is 44.3 Å². The van der Waals surface area contributed by atoms with Crippen molar-refractivity contribution in [3.63, 3.8) is 0 Å². The van der Waals surface area contributed by atoms with Crippen molar-refractivity contribution in [2.24, 2.45) is 17.8 Å². The molecule has 2 heterocycles. The van der Waals surface area contributed by atoms with E-state index < -0.39 is 11.0 Å². The normalized spacial score (nSPS) is 30.4. The Kier molecular flexibility index (Phi) is 5.60. The van der Waals surface area contributed by atoms with Crippen LogP contribution in [-0.4, -0.2) is 59.7 Å². The first kappa shape index (κ1) is 21.5. The number of benzene rings is 1. The molecule has 1 aromatic rings. The molecule has 166 valence electrons. The van der Waals surface area contributed by atoms with Crippen LogP contribution in [-0.2, 0) is 14.3 Å². The summed E-state index contributed by atoms with van der Waals surface area (Å²) in [5.41, 5.74) is 0.875. The molecule has 5 atom stereocenters. The zero-order valence-corrected chi connectivity index (χ0v) is 18.4. The maximum absolute atomic E-state index is 13.7. The van der Waals surface area contributed by atoms with Gasteiger partial charge in [-0.15, -0.1) is 0 Å². The van der Waals surface area contributed by atoms with E-state index in [1.807, 2.05) is 19.0 Å². The highest BCUT2D eigenvalue weighted by molar-refractivity contribution is 6.11. The van der Waals surface area contributed by atoms with Gasteiger partial charge in [-0.1, -0.05) is 26.0 Å². The topological polar surface area (TPSA) is 93.0 Å². The Morgan fingerprint density at radius 3 is 2.58 bits per heavy atom. The highest BCUT2D eigenvalue weighted by Crippen LogP contribution is 2.48. The summed E-state index contributed by atoms with van der Waals surface area (Å²) in [6, 6.07) is 5.56. The maximum Gasteiger partial charge on any atom is 0.290 e. The molecule has 1 saturated carbocycles. The van der Waals surface area contributed by atoms with Crippen LogP contribution in [0.2, 0.25) is 0 Å². The number of ketones is 1. The Morgan fingerprint density at radius 1 is 1.19 bits per heavy atom. The molecule has 0 spiro atoms. The Hall–Kier alpha value is -2.74. The predicted octanol–water partition coefficient (Wildman–Crippen LogP) is 2.94. The third kappa shape index (κ3) is 3.73. The molecule has 0 N–H and O–H groups in total. The SMILES string of the molecule is CC1CC2OC3=C(C(=O)C2CC1C)C(c1cccc([N+](=O)[O-])c1)N(CCN(C)C)C3=O. The lowest BCUT2D eigenvalue weighted by molar-refractivity contribution is -0.384. The van der Waals surface area contributed by atoms with Gasteiger partial charge in [0.05, 0.1) is 22.5 Å². The molecule has 4 rings (SSSR count). The van der Waals surface area contributed by atoms with Crippen molar-refractivity contribution in [1.82, 2.24) is 9.80 Å². The van der Waals surface area contributed by atoms with E-state index >= 15 is 0 Å². The fraction of sp³-hybridized carbons (Fsp3) is 0.565. The van der Waals surface area contributed by atoms with Gasteiger partial charge >= 0.3 is 0 Å². The third-order valence-corrected chi connectivity index (χ3v) is 6.99. The Bertz CT molecular complexity index is 956. The van der Waals surface area contributed by atoms with Crippen molar-refractivity contribution < 1.29 is 19.2 Å². The molecule has 1 amide bonds. The fourth-order valence-electron chi connectivity index (χ4n) is 5.00. The number of fused-ring (bicyclic) bond motifs is 1. The summed E-state index contributed by atoms with van der Waals surface area (Å²) in [5, 5.41) is 11.3. The first-order valence-electron chi connectivity index (χ1n) is 10.8. The molecule has 1 fully saturated rings. The average molecular weight is 428 g/mol. The Labute approximate surface area is 182 Å². The molecule has 1 aliphatic carbocycles. The summed E-state index contributed by atoms with van der Waals surface area (Å²) < 4.78 is 6.20. The van der Waals surface area contributed by atoms with Gasteiger partial charge in [-0.25, -0.2) is 0 Å². The lowest BCUT2D eigenvalue weighted by atomic mass is 9.70. The van der Waals surface area contributed by atoms with Crippen molar-refractivity contribution in [3.8, 4) is 0 Å². The molecule has 2 aliphatic heterocycles. The van der Waals surface area contributed by atoms with Crippen molar-refractivity contribution in [1.29, 1.82) is 0 Å². The number of nitro groups is 1. The molecule has 0 bridgehead atoms. The minimum Gasteiger partial charge on any atom is -0.483 e. The largest absolute Gasteiger partial charge is 0.483 e. The summed E-state index contributed by atoms with van der Waals surface area (Å²) in [5.74, 6) is 0.351. The Morgan fingerprint density at radius 2 is 1.90 bits per heavy atom. The van der Waals surface area contributed by atoms with E-state index in [-0.39, 0.29) is 35.2 Å². The maximum atomic E-state index is 13.7. The van der Waals surface area contributed by atoms with Gasteiger partial charge in [0.25, 0.3) is 11.6 Å². The summed E-state index contributed by atoms with van der Waals surface area (Å²) in [6.45, 7) is 5.31. The van der Waals surface area contributed by atoms with Crippen LogP contribution in [0.15, 0.2) is 35.6 Å². The molecule has 0 aromatic heterocycles. The summed E-state index contributed by atoms with van der Waals surface area (Å²) in [4.78, 5) is 41.5. The number of ether oxygens (including phenoxy) is 1. The van der Waals surface area contributed by atoms with Crippen LogP contribution >= 0.6 is 0 Å². The number of carbonyl (C=O) groups excluding carboxylic acids is 2. The minimum absolute atomic E-state index is 0.0396. The first-order valence-corrected chi connectivity index (χ1v) is 10.8. The molecule has 3 aliphatic rings. The van der Waals surface area contributed by atoms with E-state index in [9.17, 15) is 19.7 Å². The molecule has 31 heavy (non-hydrogen) atoms. The van der Waals surface area contributed by atoms with E-state index in [0.29, 0.717) is 36.1 Å². The van der Waals surface area contributed by atoms with Gasteiger partial charge in [0.1, 0.15) is 6.10 Å². The molecular formula is C23H29N3O5. The fourth-order valence-corrected chi connectivity index (χ4v) is 5.00. The van der Waals surface area contributed by atoms with Crippen molar-refractivity contribution >= 4 is 17.4 Å². The smallest absolute Gasteiger partial charge is 0.290 e. The van der Waals surface area contributed by atoms with Gasteiger partial charge in [-0.3, -0.25) is 19.7 Å².